The number of aliphatic imine (C=N–C) groups is 1. The molecule has 0 aromatic carbocycles. The van der Waals surface area contributed by atoms with Gasteiger partial charge in [0.25, 0.3) is 0 Å². The fourth-order valence-electron chi connectivity index (χ4n) is 1.80. The first-order valence-electron chi connectivity index (χ1n) is 5.73. The summed E-state index contributed by atoms with van der Waals surface area (Å²) >= 11 is 0. The summed E-state index contributed by atoms with van der Waals surface area (Å²) in [6, 6.07) is 0. The van der Waals surface area contributed by atoms with Gasteiger partial charge in [0.15, 0.2) is 0 Å². The molecule has 0 aromatic rings. The number of hydrogen-bond donors (Lipinski definition) is 1. The van der Waals surface area contributed by atoms with Crippen LogP contribution in [-0.4, -0.2) is 25.1 Å². The number of nitrogens with two attached hydrogens (primary N) is 1. The van der Waals surface area contributed by atoms with Crippen LogP contribution in [-0.2, 0) is 4.74 Å². The quantitative estimate of drug-likeness (QED) is 0.403. The van der Waals surface area contributed by atoms with E-state index in [-0.39, 0.29) is 0 Å². The molecule has 0 unspecified atom stereocenters. The van der Waals surface area contributed by atoms with Crippen LogP contribution >= 0.6 is 0 Å². The molecule has 0 amide bonds. The van der Waals surface area contributed by atoms with E-state index >= 15 is 0 Å². The summed E-state index contributed by atoms with van der Waals surface area (Å²) in [5.74, 6) is 0.766. The van der Waals surface area contributed by atoms with Crippen molar-refractivity contribution in [3.63, 3.8) is 0 Å². The van der Waals surface area contributed by atoms with Gasteiger partial charge in [-0.2, -0.15) is 0 Å². The molecule has 82 valence electrons. The van der Waals surface area contributed by atoms with Crippen LogP contribution in [0.2, 0.25) is 0 Å². The minimum atomic E-state index is 0.498. The smallest absolute Gasteiger partial charge is 0.0937 e. The van der Waals surface area contributed by atoms with Crippen LogP contribution in [0.15, 0.2) is 4.99 Å². The zero-order chi connectivity index (χ0) is 10.2. The van der Waals surface area contributed by atoms with Gasteiger partial charge in [0.2, 0.25) is 0 Å². The van der Waals surface area contributed by atoms with E-state index in [2.05, 4.69) is 11.9 Å². The maximum absolute atomic E-state index is 5.67. The molecule has 0 aliphatic heterocycles. The van der Waals surface area contributed by atoms with Gasteiger partial charge in [0.05, 0.1) is 25.1 Å². The minimum absolute atomic E-state index is 0.498. The second kappa shape index (κ2) is 6.82. The third kappa shape index (κ3) is 4.61. The normalized spacial score (nSPS) is 19.1. The fourth-order valence-corrected chi connectivity index (χ4v) is 1.80. The second-order valence-electron chi connectivity index (χ2n) is 3.90. The van der Waals surface area contributed by atoms with E-state index in [4.69, 9.17) is 10.5 Å². The Hall–Kier alpha value is -0.570. The fraction of sp³-hybridized carbons (Fsp3) is 0.909. The van der Waals surface area contributed by atoms with Crippen LogP contribution in [0.4, 0.5) is 0 Å². The Morgan fingerprint density at radius 1 is 1.43 bits per heavy atom. The van der Waals surface area contributed by atoms with E-state index in [1.807, 2.05) is 0 Å². The van der Waals surface area contributed by atoms with Crippen molar-refractivity contribution >= 4 is 5.84 Å². The highest BCUT2D eigenvalue weighted by Crippen LogP contribution is 2.20. The SMILES string of the molecule is CCCC(N)=NCCOC1CCCC1. The molecule has 0 bridgehead atoms. The van der Waals surface area contributed by atoms with Crippen molar-refractivity contribution in [2.45, 2.75) is 51.6 Å². The molecule has 0 saturated heterocycles. The summed E-state index contributed by atoms with van der Waals surface area (Å²) in [6.45, 7) is 3.56. The molecule has 3 heteroatoms. The van der Waals surface area contributed by atoms with Crippen molar-refractivity contribution in [2.75, 3.05) is 13.2 Å². The van der Waals surface area contributed by atoms with Crippen molar-refractivity contribution in [2.24, 2.45) is 10.7 Å². The molecule has 0 aromatic heterocycles. The molecule has 1 fully saturated rings. The van der Waals surface area contributed by atoms with Gasteiger partial charge in [-0.25, -0.2) is 0 Å². The van der Waals surface area contributed by atoms with Gasteiger partial charge in [0, 0.05) is 6.42 Å². The van der Waals surface area contributed by atoms with E-state index in [9.17, 15) is 0 Å². The summed E-state index contributed by atoms with van der Waals surface area (Å²) in [5, 5.41) is 0. The first kappa shape index (κ1) is 11.5. The third-order valence-corrected chi connectivity index (χ3v) is 2.57. The number of nitrogens with zero attached hydrogens (tertiary/aromatic N) is 1. The summed E-state index contributed by atoms with van der Waals surface area (Å²) in [4.78, 5) is 4.24. The Balaban J connectivity index is 2.00. The molecule has 0 spiro atoms. The molecular weight excluding hydrogens is 176 g/mol. The number of rotatable bonds is 6. The van der Waals surface area contributed by atoms with Crippen molar-refractivity contribution in [1.82, 2.24) is 0 Å². The van der Waals surface area contributed by atoms with E-state index < -0.39 is 0 Å². The Bertz CT molecular complexity index is 174. The number of ether oxygens (including phenoxy) is 1. The molecule has 3 nitrogen and oxygen atoms in total. The number of hydrogen-bond acceptors (Lipinski definition) is 2. The summed E-state index contributed by atoms with van der Waals surface area (Å²) in [5.41, 5.74) is 5.67. The van der Waals surface area contributed by atoms with Crippen molar-refractivity contribution < 1.29 is 4.74 Å². The van der Waals surface area contributed by atoms with E-state index in [1.165, 1.54) is 25.7 Å². The zero-order valence-electron chi connectivity index (χ0n) is 9.17. The summed E-state index contributed by atoms with van der Waals surface area (Å²) < 4.78 is 5.67. The largest absolute Gasteiger partial charge is 0.387 e. The van der Waals surface area contributed by atoms with Crippen molar-refractivity contribution in [1.29, 1.82) is 0 Å². The average molecular weight is 198 g/mol. The lowest BCUT2D eigenvalue weighted by atomic mass is 10.3. The molecule has 2 N–H and O–H groups in total. The van der Waals surface area contributed by atoms with Crippen LogP contribution in [0.1, 0.15) is 45.4 Å². The monoisotopic (exact) mass is 198 g/mol. The predicted molar refractivity (Wildman–Crippen MR) is 59.6 cm³/mol. The van der Waals surface area contributed by atoms with Gasteiger partial charge < -0.3 is 10.5 Å². The molecule has 1 aliphatic rings. The van der Waals surface area contributed by atoms with Crippen LogP contribution in [0.5, 0.6) is 0 Å². The lowest BCUT2D eigenvalue weighted by Crippen LogP contribution is -2.15. The van der Waals surface area contributed by atoms with Crippen LogP contribution in [0.25, 0.3) is 0 Å². The Labute approximate surface area is 86.7 Å². The zero-order valence-corrected chi connectivity index (χ0v) is 9.17. The first-order chi connectivity index (χ1) is 6.83. The van der Waals surface area contributed by atoms with Gasteiger partial charge in [0.1, 0.15) is 0 Å². The van der Waals surface area contributed by atoms with E-state index in [1.54, 1.807) is 0 Å². The van der Waals surface area contributed by atoms with Gasteiger partial charge >= 0.3 is 0 Å². The second-order valence-corrected chi connectivity index (χ2v) is 3.90. The number of amidine groups is 1. The lowest BCUT2D eigenvalue weighted by Gasteiger charge is -2.09. The molecule has 0 radical (unpaired) electrons. The highest BCUT2D eigenvalue weighted by Gasteiger charge is 2.14. The van der Waals surface area contributed by atoms with Crippen molar-refractivity contribution in [3.8, 4) is 0 Å². The van der Waals surface area contributed by atoms with Crippen molar-refractivity contribution in [3.05, 3.63) is 0 Å². The molecule has 14 heavy (non-hydrogen) atoms. The molecule has 0 atom stereocenters. The molecule has 1 saturated carbocycles. The van der Waals surface area contributed by atoms with E-state index in [0.717, 1.165) is 31.8 Å². The first-order valence-corrected chi connectivity index (χ1v) is 5.73. The van der Waals surface area contributed by atoms with Gasteiger partial charge in [-0.1, -0.05) is 19.8 Å². The highest BCUT2D eigenvalue weighted by atomic mass is 16.5. The predicted octanol–water partition coefficient (Wildman–Crippen LogP) is 2.10. The highest BCUT2D eigenvalue weighted by molar-refractivity contribution is 5.80. The summed E-state index contributed by atoms with van der Waals surface area (Å²) in [6.07, 6.45) is 7.58. The standard InChI is InChI=1S/C11H22N2O/c1-2-5-11(12)13-8-9-14-10-6-3-4-7-10/h10H,2-9H2,1H3,(H2,12,13). The Morgan fingerprint density at radius 2 is 2.14 bits per heavy atom. The van der Waals surface area contributed by atoms with Gasteiger partial charge in [-0.3, -0.25) is 4.99 Å². The Kier molecular flexibility index (Phi) is 5.60. The van der Waals surface area contributed by atoms with Gasteiger partial charge in [-0.15, -0.1) is 0 Å². The summed E-state index contributed by atoms with van der Waals surface area (Å²) in [7, 11) is 0. The third-order valence-electron chi connectivity index (χ3n) is 2.57. The molecule has 1 aliphatic carbocycles. The molecular formula is C11H22N2O. The average Bonchev–Trinajstić information content (AvgIpc) is 2.65. The topological polar surface area (TPSA) is 47.6 Å². The van der Waals surface area contributed by atoms with Crippen LogP contribution < -0.4 is 5.73 Å². The maximum Gasteiger partial charge on any atom is 0.0937 e. The van der Waals surface area contributed by atoms with E-state index in [0.29, 0.717) is 6.10 Å². The van der Waals surface area contributed by atoms with Crippen LogP contribution in [0, 0.1) is 0 Å². The molecule has 0 heterocycles. The van der Waals surface area contributed by atoms with Gasteiger partial charge in [-0.05, 0) is 19.3 Å². The molecule has 1 rings (SSSR count). The van der Waals surface area contributed by atoms with Crippen LogP contribution in [0.3, 0.4) is 0 Å². The lowest BCUT2D eigenvalue weighted by molar-refractivity contribution is 0.0643. The maximum atomic E-state index is 5.67. The Morgan fingerprint density at radius 3 is 2.79 bits per heavy atom. The minimum Gasteiger partial charge on any atom is -0.387 e.